The molecule has 1 fully saturated rings. The molecule has 0 unspecified atom stereocenters. The number of carbonyl (C=O) groups excluding carboxylic acids is 1. The number of aromatic nitrogens is 1. The molecule has 7 heteroatoms. The number of hydroxylamine groups is 2. The third-order valence-electron chi connectivity index (χ3n) is 4.22. The molecular formula is C18H21FN2O3S. The van der Waals surface area contributed by atoms with Crippen molar-refractivity contribution in [3.05, 3.63) is 46.7 Å². The Morgan fingerprint density at radius 2 is 2.04 bits per heavy atom. The third kappa shape index (κ3) is 5.79. The van der Waals surface area contributed by atoms with E-state index in [4.69, 9.17) is 9.57 Å². The van der Waals surface area contributed by atoms with Crippen LogP contribution in [0.15, 0.2) is 35.2 Å². The molecule has 1 aromatic carbocycles. The molecule has 0 aliphatic carbocycles. The summed E-state index contributed by atoms with van der Waals surface area (Å²) < 4.78 is 18.5. The van der Waals surface area contributed by atoms with Crippen LogP contribution in [-0.2, 0) is 16.1 Å². The summed E-state index contributed by atoms with van der Waals surface area (Å²) in [6, 6.07) is 6.07. The molecule has 1 aliphatic heterocycles. The quantitative estimate of drug-likeness (QED) is 0.753. The maximum Gasteiger partial charge on any atom is 0.331 e. The second kappa shape index (κ2) is 8.92. The van der Waals surface area contributed by atoms with E-state index < -0.39 is 0 Å². The van der Waals surface area contributed by atoms with Crippen molar-refractivity contribution in [2.24, 2.45) is 5.92 Å². The molecule has 2 aromatic rings. The molecule has 0 N–H and O–H groups in total. The molecule has 1 aromatic heterocycles. The highest BCUT2D eigenvalue weighted by atomic mass is 32.1. The number of nitrogens with zero attached hydrogens (tertiary/aromatic N) is 2. The normalized spacial score (nSPS) is 15.9. The van der Waals surface area contributed by atoms with Gasteiger partial charge in [-0.05, 0) is 49.4 Å². The van der Waals surface area contributed by atoms with E-state index in [0.29, 0.717) is 18.3 Å². The fraction of sp³-hybridized carbons (Fsp3) is 0.444. The SMILES string of the molecule is O=C(Cc1cscn1)ON1CCC(CCOc2ccc(F)cc2)CC1. The lowest BCUT2D eigenvalue weighted by atomic mass is 9.95. The first kappa shape index (κ1) is 17.8. The summed E-state index contributed by atoms with van der Waals surface area (Å²) in [5, 5.41) is 3.60. The number of halogens is 1. The second-order valence-electron chi connectivity index (χ2n) is 6.08. The van der Waals surface area contributed by atoms with Gasteiger partial charge in [0.25, 0.3) is 0 Å². The highest BCUT2D eigenvalue weighted by molar-refractivity contribution is 7.07. The van der Waals surface area contributed by atoms with Crippen molar-refractivity contribution in [1.82, 2.24) is 10.0 Å². The second-order valence-corrected chi connectivity index (χ2v) is 6.80. The summed E-state index contributed by atoms with van der Waals surface area (Å²) >= 11 is 1.47. The Morgan fingerprint density at radius 3 is 2.72 bits per heavy atom. The van der Waals surface area contributed by atoms with E-state index in [2.05, 4.69) is 4.98 Å². The summed E-state index contributed by atoms with van der Waals surface area (Å²) in [5.41, 5.74) is 2.46. The van der Waals surface area contributed by atoms with Gasteiger partial charge in [0.2, 0.25) is 0 Å². The van der Waals surface area contributed by atoms with E-state index in [1.54, 1.807) is 22.7 Å². The maximum atomic E-state index is 12.8. The van der Waals surface area contributed by atoms with E-state index in [0.717, 1.165) is 38.0 Å². The van der Waals surface area contributed by atoms with Gasteiger partial charge in [-0.2, -0.15) is 0 Å². The van der Waals surface area contributed by atoms with E-state index in [1.165, 1.54) is 23.5 Å². The van der Waals surface area contributed by atoms with E-state index in [9.17, 15) is 9.18 Å². The molecule has 1 aliphatic rings. The zero-order valence-electron chi connectivity index (χ0n) is 13.9. The summed E-state index contributed by atoms with van der Waals surface area (Å²) in [6.07, 6.45) is 3.10. The zero-order chi connectivity index (χ0) is 17.5. The van der Waals surface area contributed by atoms with Gasteiger partial charge in [-0.1, -0.05) is 0 Å². The predicted molar refractivity (Wildman–Crippen MR) is 92.7 cm³/mol. The van der Waals surface area contributed by atoms with Crippen LogP contribution in [0.3, 0.4) is 0 Å². The number of hydrogen-bond acceptors (Lipinski definition) is 6. The number of piperidine rings is 1. The monoisotopic (exact) mass is 364 g/mol. The fourth-order valence-corrected chi connectivity index (χ4v) is 3.37. The van der Waals surface area contributed by atoms with Crippen LogP contribution in [0.5, 0.6) is 5.75 Å². The van der Waals surface area contributed by atoms with Crippen LogP contribution in [0.4, 0.5) is 4.39 Å². The number of rotatable bonds is 7. The third-order valence-corrected chi connectivity index (χ3v) is 4.86. The van der Waals surface area contributed by atoms with Crippen LogP contribution in [-0.4, -0.2) is 35.7 Å². The average Bonchev–Trinajstić information content (AvgIpc) is 3.11. The lowest BCUT2D eigenvalue weighted by Crippen LogP contribution is -2.36. The summed E-state index contributed by atoms with van der Waals surface area (Å²) in [6.45, 7) is 2.09. The van der Waals surface area contributed by atoms with E-state index in [1.807, 2.05) is 5.38 Å². The smallest absolute Gasteiger partial charge is 0.331 e. The molecule has 1 saturated heterocycles. The van der Waals surface area contributed by atoms with Gasteiger partial charge >= 0.3 is 5.97 Å². The molecule has 25 heavy (non-hydrogen) atoms. The molecule has 0 atom stereocenters. The molecule has 0 saturated carbocycles. The van der Waals surface area contributed by atoms with Gasteiger partial charge in [-0.15, -0.1) is 16.4 Å². The van der Waals surface area contributed by atoms with Crippen LogP contribution in [0.1, 0.15) is 25.0 Å². The Balaban J connectivity index is 1.31. The summed E-state index contributed by atoms with van der Waals surface area (Å²) in [4.78, 5) is 21.3. The summed E-state index contributed by atoms with van der Waals surface area (Å²) in [7, 11) is 0. The van der Waals surface area contributed by atoms with E-state index >= 15 is 0 Å². The molecule has 0 bridgehead atoms. The van der Waals surface area contributed by atoms with Crippen LogP contribution in [0, 0.1) is 11.7 Å². The standard InChI is InChI=1S/C18H21FN2O3S/c19-15-1-3-17(4-2-15)23-10-7-14-5-8-21(9-6-14)24-18(22)11-16-12-25-13-20-16/h1-4,12-14H,5-11H2. The van der Waals surface area contributed by atoms with Crippen molar-refractivity contribution in [1.29, 1.82) is 0 Å². The number of benzene rings is 1. The number of thiazole rings is 1. The summed E-state index contributed by atoms with van der Waals surface area (Å²) in [5.74, 6) is 0.719. The molecule has 0 spiro atoms. The number of ether oxygens (including phenoxy) is 1. The zero-order valence-corrected chi connectivity index (χ0v) is 14.7. The van der Waals surface area contributed by atoms with Gasteiger partial charge in [0, 0.05) is 18.5 Å². The first-order chi connectivity index (χ1) is 12.2. The van der Waals surface area contributed by atoms with Crippen molar-refractivity contribution in [2.45, 2.75) is 25.7 Å². The fourth-order valence-electron chi connectivity index (χ4n) is 2.81. The van der Waals surface area contributed by atoms with Crippen molar-refractivity contribution in [3.63, 3.8) is 0 Å². The topological polar surface area (TPSA) is 51.7 Å². The number of carbonyl (C=O) groups is 1. The Hall–Kier alpha value is -1.99. The molecule has 134 valence electrons. The largest absolute Gasteiger partial charge is 0.494 e. The minimum absolute atomic E-state index is 0.217. The minimum Gasteiger partial charge on any atom is -0.494 e. The van der Waals surface area contributed by atoms with Gasteiger partial charge in [0.15, 0.2) is 0 Å². The average molecular weight is 364 g/mol. The first-order valence-corrected chi connectivity index (χ1v) is 9.34. The molecule has 0 radical (unpaired) electrons. The van der Waals surface area contributed by atoms with Gasteiger partial charge < -0.3 is 9.57 Å². The van der Waals surface area contributed by atoms with Gasteiger partial charge in [-0.25, -0.2) is 14.2 Å². The van der Waals surface area contributed by atoms with Crippen molar-refractivity contribution in [2.75, 3.05) is 19.7 Å². The van der Waals surface area contributed by atoms with Crippen LogP contribution in [0.25, 0.3) is 0 Å². The van der Waals surface area contributed by atoms with Crippen LogP contribution in [0.2, 0.25) is 0 Å². The lowest BCUT2D eigenvalue weighted by molar-refractivity contribution is -0.196. The van der Waals surface area contributed by atoms with Gasteiger partial charge in [-0.3, -0.25) is 0 Å². The molecular weight excluding hydrogens is 343 g/mol. The Bertz CT molecular complexity index is 655. The minimum atomic E-state index is -0.260. The van der Waals surface area contributed by atoms with Crippen molar-refractivity contribution >= 4 is 17.3 Å². The van der Waals surface area contributed by atoms with Crippen molar-refractivity contribution in [3.8, 4) is 5.75 Å². The molecule has 3 rings (SSSR count). The van der Waals surface area contributed by atoms with Gasteiger partial charge in [0.05, 0.1) is 24.2 Å². The first-order valence-electron chi connectivity index (χ1n) is 8.40. The van der Waals surface area contributed by atoms with E-state index in [-0.39, 0.29) is 18.2 Å². The van der Waals surface area contributed by atoms with Crippen molar-refractivity contribution < 1.29 is 18.8 Å². The molecule has 0 amide bonds. The number of hydrogen-bond donors (Lipinski definition) is 0. The maximum absolute atomic E-state index is 12.8. The predicted octanol–water partition coefficient (Wildman–Crippen LogP) is 3.46. The Kier molecular flexibility index (Phi) is 6.36. The Morgan fingerprint density at radius 1 is 1.28 bits per heavy atom. The Labute approximate surface area is 150 Å². The highest BCUT2D eigenvalue weighted by Crippen LogP contribution is 2.21. The molecule has 2 heterocycles. The van der Waals surface area contributed by atoms with Crippen LogP contribution >= 0.6 is 11.3 Å². The highest BCUT2D eigenvalue weighted by Gasteiger charge is 2.22. The van der Waals surface area contributed by atoms with Gasteiger partial charge in [0.1, 0.15) is 11.6 Å². The lowest BCUT2D eigenvalue weighted by Gasteiger charge is -2.30. The van der Waals surface area contributed by atoms with Crippen LogP contribution < -0.4 is 4.74 Å². The molecule has 5 nitrogen and oxygen atoms in total.